The van der Waals surface area contributed by atoms with Crippen LogP contribution in [0.4, 0.5) is 0 Å². The summed E-state index contributed by atoms with van der Waals surface area (Å²) in [5.41, 5.74) is 0. The van der Waals surface area contributed by atoms with Crippen molar-refractivity contribution in [1.29, 1.82) is 0 Å². The van der Waals surface area contributed by atoms with E-state index in [-0.39, 0.29) is 42.6 Å². The van der Waals surface area contributed by atoms with E-state index in [1.165, 1.54) is 38.5 Å². The maximum Gasteiger partial charge on any atom is 1.00 e. The van der Waals surface area contributed by atoms with Crippen molar-refractivity contribution in [2.45, 2.75) is 64.7 Å². The molecule has 0 radical (unpaired) electrons. The Morgan fingerprint density at radius 3 is 1.75 bits per heavy atom. The van der Waals surface area contributed by atoms with Crippen molar-refractivity contribution < 1.29 is 52.3 Å². The van der Waals surface area contributed by atoms with Gasteiger partial charge in [0.25, 0.3) is 0 Å². The summed E-state index contributed by atoms with van der Waals surface area (Å²) >= 11 is 0. The molecular weight excluding hydrogens is 291 g/mol. The molecule has 0 aromatic carbocycles. The molecule has 0 rings (SSSR count). The molecular formula is C13H27NaO5S. The van der Waals surface area contributed by atoms with Gasteiger partial charge in [-0.15, -0.1) is 0 Å². The Kier molecular flexibility index (Phi) is 18.7. The average molecular weight is 318 g/mol. The third-order valence-corrected chi connectivity index (χ3v) is 3.58. The molecule has 0 aromatic heterocycles. The van der Waals surface area contributed by atoms with Gasteiger partial charge in [-0.3, -0.25) is 0 Å². The molecule has 0 atom stereocenters. The summed E-state index contributed by atoms with van der Waals surface area (Å²) in [6.07, 6.45) is 10.0. The van der Waals surface area contributed by atoms with Gasteiger partial charge in [-0.25, -0.2) is 18.2 Å². The zero-order valence-corrected chi connectivity index (χ0v) is 15.8. The van der Waals surface area contributed by atoms with Crippen LogP contribution in [0, 0.1) is 0 Å². The van der Waals surface area contributed by atoms with Gasteiger partial charge in [0.1, 0.15) is 0 Å². The topological polar surface area (TPSA) is 75.7 Å². The van der Waals surface area contributed by atoms with Gasteiger partial charge >= 0.3 is 29.6 Å². The summed E-state index contributed by atoms with van der Waals surface area (Å²) in [7, 11) is -4.12. The quantitative estimate of drug-likeness (QED) is 0.148. The zero-order chi connectivity index (χ0) is 14.4. The van der Waals surface area contributed by atoms with E-state index in [4.69, 9.17) is 9.78 Å². The van der Waals surface area contributed by atoms with Crippen LogP contribution in [0.15, 0.2) is 0 Å². The van der Waals surface area contributed by atoms with Crippen LogP contribution < -0.4 is 29.6 Å². The van der Waals surface area contributed by atoms with Gasteiger partial charge in [0, 0.05) is 5.75 Å². The van der Waals surface area contributed by atoms with E-state index in [1.807, 2.05) is 0 Å². The smallest absolute Gasteiger partial charge is 0.748 e. The maximum atomic E-state index is 10.3. The van der Waals surface area contributed by atoms with E-state index in [2.05, 4.69) is 6.92 Å². The van der Waals surface area contributed by atoms with Gasteiger partial charge in [-0.2, -0.15) is 0 Å². The zero-order valence-electron chi connectivity index (χ0n) is 12.9. The summed E-state index contributed by atoms with van der Waals surface area (Å²) in [5.74, 6) is -0.395. The van der Waals surface area contributed by atoms with Gasteiger partial charge in [0.2, 0.25) is 0 Å². The van der Waals surface area contributed by atoms with Crippen molar-refractivity contribution in [2.75, 3.05) is 19.0 Å². The van der Waals surface area contributed by atoms with Crippen LogP contribution in [0.3, 0.4) is 0 Å². The van der Waals surface area contributed by atoms with Crippen molar-refractivity contribution in [3.8, 4) is 0 Å². The fraction of sp³-hybridized carbons (Fsp3) is 1.00. The molecule has 0 bridgehead atoms. The SMILES string of the molecule is CCCCCCCCCCOOCCCS(=O)(=O)[O-].[Na+]. The van der Waals surface area contributed by atoms with E-state index >= 15 is 0 Å². The van der Waals surface area contributed by atoms with E-state index in [9.17, 15) is 13.0 Å². The third kappa shape index (κ3) is 21.1. The number of rotatable bonds is 14. The minimum Gasteiger partial charge on any atom is -0.748 e. The van der Waals surface area contributed by atoms with Crippen LogP contribution in [0.25, 0.3) is 0 Å². The minimum absolute atomic E-state index is 0. The molecule has 20 heavy (non-hydrogen) atoms. The molecule has 7 heteroatoms. The average Bonchev–Trinajstić information content (AvgIpc) is 2.34. The summed E-state index contributed by atoms with van der Waals surface area (Å²) in [5, 5.41) is 0. The van der Waals surface area contributed by atoms with Gasteiger partial charge in [0.15, 0.2) is 0 Å². The monoisotopic (exact) mass is 318 g/mol. The Bertz CT molecular complexity index is 282. The predicted octanol–water partition coefficient (Wildman–Crippen LogP) is 0.0146. The summed E-state index contributed by atoms with van der Waals surface area (Å²) in [6, 6.07) is 0. The first-order valence-corrected chi connectivity index (χ1v) is 8.82. The standard InChI is InChI=1S/C13H28O5S.Na/c1-2-3-4-5-6-7-8-9-11-17-18-12-10-13-19(14,15)16;/h2-13H2,1H3,(H,14,15,16);/q;+1/p-1. The molecule has 0 N–H and O–H groups in total. The van der Waals surface area contributed by atoms with E-state index < -0.39 is 15.9 Å². The van der Waals surface area contributed by atoms with Crippen LogP contribution in [0.5, 0.6) is 0 Å². The number of hydrogen-bond acceptors (Lipinski definition) is 5. The van der Waals surface area contributed by atoms with Crippen LogP contribution in [-0.2, 0) is 19.9 Å². The first kappa shape index (κ1) is 23.1. The van der Waals surface area contributed by atoms with E-state index in [1.54, 1.807) is 0 Å². The maximum absolute atomic E-state index is 10.3. The molecule has 0 aromatic rings. The second kappa shape index (κ2) is 16.2. The predicted molar refractivity (Wildman–Crippen MR) is 73.7 cm³/mol. The Labute approximate surface area is 145 Å². The third-order valence-electron chi connectivity index (χ3n) is 2.79. The largest absolute Gasteiger partial charge is 1.00 e. The molecule has 5 nitrogen and oxygen atoms in total. The molecule has 0 saturated carbocycles. The summed E-state index contributed by atoms with van der Waals surface area (Å²) in [4.78, 5) is 9.68. The summed E-state index contributed by atoms with van der Waals surface area (Å²) in [6.45, 7) is 2.89. The van der Waals surface area contributed by atoms with Crippen molar-refractivity contribution in [3.63, 3.8) is 0 Å². The normalized spacial score (nSPS) is 11.3. The first-order valence-electron chi connectivity index (χ1n) is 7.24. The van der Waals surface area contributed by atoms with Crippen molar-refractivity contribution in [3.05, 3.63) is 0 Å². The molecule has 0 amide bonds. The Morgan fingerprint density at radius 2 is 1.25 bits per heavy atom. The second-order valence-corrected chi connectivity index (χ2v) is 6.26. The molecule has 0 aliphatic carbocycles. The summed E-state index contributed by atoms with van der Waals surface area (Å²) < 4.78 is 30.8. The Morgan fingerprint density at radius 1 is 0.800 bits per heavy atom. The molecule has 0 aliphatic heterocycles. The van der Waals surface area contributed by atoms with Gasteiger partial charge in [-0.05, 0) is 12.8 Å². The molecule has 0 saturated heterocycles. The van der Waals surface area contributed by atoms with Crippen molar-refractivity contribution in [1.82, 2.24) is 0 Å². The number of hydrogen-bond donors (Lipinski definition) is 0. The molecule has 0 unspecified atom stereocenters. The molecule has 0 aliphatic rings. The fourth-order valence-electron chi connectivity index (χ4n) is 1.71. The molecule has 0 heterocycles. The second-order valence-electron chi connectivity index (χ2n) is 4.73. The molecule has 0 fully saturated rings. The van der Waals surface area contributed by atoms with Crippen molar-refractivity contribution >= 4 is 10.1 Å². The van der Waals surface area contributed by atoms with E-state index in [0.717, 1.165) is 12.8 Å². The molecule has 0 spiro atoms. The van der Waals surface area contributed by atoms with Crippen LogP contribution >= 0.6 is 0 Å². The van der Waals surface area contributed by atoms with Crippen LogP contribution in [0.2, 0.25) is 0 Å². The van der Waals surface area contributed by atoms with Crippen LogP contribution in [0.1, 0.15) is 64.7 Å². The fourth-order valence-corrected chi connectivity index (χ4v) is 2.18. The van der Waals surface area contributed by atoms with Crippen LogP contribution in [-0.4, -0.2) is 31.9 Å². The number of unbranched alkanes of at least 4 members (excludes halogenated alkanes) is 7. The first-order chi connectivity index (χ1) is 9.06. The van der Waals surface area contributed by atoms with Gasteiger partial charge in [0.05, 0.1) is 23.3 Å². The Balaban J connectivity index is 0. The minimum atomic E-state index is -4.12. The van der Waals surface area contributed by atoms with Gasteiger partial charge in [-0.1, -0.05) is 51.9 Å². The molecule has 116 valence electrons. The van der Waals surface area contributed by atoms with E-state index in [0.29, 0.717) is 6.61 Å². The van der Waals surface area contributed by atoms with Gasteiger partial charge < -0.3 is 4.55 Å². The Hall–Kier alpha value is 0.830. The van der Waals surface area contributed by atoms with Crippen molar-refractivity contribution in [2.24, 2.45) is 0 Å².